The number of carbonyl (C=O) groups excluding carboxylic acids is 1. The van der Waals surface area contributed by atoms with Gasteiger partial charge < -0.3 is 4.90 Å². The fraction of sp³-hybridized carbons (Fsp3) is 0.222. The Labute approximate surface area is 134 Å². The smallest absolute Gasteiger partial charge is 0.228 e. The number of hydrogen-bond donors (Lipinski definition) is 0. The van der Waals surface area contributed by atoms with E-state index in [2.05, 4.69) is 29.2 Å². The zero-order valence-electron chi connectivity index (χ0n) is 12.7. The lowest BCUT2D eigenvalue weighted by atomic mass is 10.0. The van der Waals surface area contributed by atoms with Gasteiger partial charge in [0, 0.05) is 19.0 Å². The Morgan fingerprint density at radius 1 is 1.18 bits per heavy atom. The predicted molar refractivity (Wildman–Crippen MR) is 91.0 cm³/mol. The van der Waals surface area contributed by atoms with Gasteiger partial charge in [0.2, 0.25) is 5.91 Å². The van der Waals surface area contributed by atoms with Crippen molar-refractivity contribution in [1.82, 2.24) is 9.88 Å². The summed E-state index contributed by atoms with van der Waals surface area (Å²) in [5.41, 5.74) is 2.03. The molecule has 2 aromatic carbocycles. The Kier molecular flexibility index (Phi) is 4.20. The lowest BCUT2D eigenvalue weighted by Crippen LogP contribution is -2.27. The van der Waals surface area contributed by atoms with Crippen LogP contribution in [0.15, 0.2) is 47.8 Å². The fourth-order valence-corrected chi connectivity index (χ4v) is 3.17. The first-order valence-electron chi connectivity index (χ1n) is 7.25. The maximum absolute atomic E-state index is 12.4. The molecule has 0 bridgehead atoms. The first kappa shape index (κ1) is 14.7. The normalized spacial score (nSPS) is 10.8. The maximum Gasteiger partial charge on any atom is 0.228 e. The van der Waals surface area contributed by atoms with Gasteiger partial charge in [-0.25, -0.2) is 4.98 Å². The molecule has 1 heterocycles. The molecule has 0 spiro atoms. The molecule has 3 nitrogen and oxygen atoms in total. The van der Waals surface area contributed by atoms with Crippen LogP contribution in [-0.2, 0) is 17.8 Å². The van der Waals surface area contributed by atoms with E-state index in [1.54, 1.807) is 16.2 Å². The average molecular weight is 310 g/mol. The van der Waals surface area contributed by atoms with Gasteiger partial charge in [0.25, 0.3) is 0 Å². The van der Waals surface area contributed by atoms with Gasteiger partial charge in [-0.2, -0.15) is 0 Å². The van der Waals surface area contributed by atoms with Crippen molar-refractivity contribution in [3.63, 3.8) is 0 Å². The van der Waals surface area contributed by atoms with E-state index >= 15 is 0 Å². The molecular formula is C18H18N2OS. The summed E-state index contributed by atoms with van der Waals surface area (Å²) in [5.74, 6) is 0.0956. The second-order valence-corrected chi connectivity index (χ2v) is 6.48. The molecule has 0 saturated carbocycles. The van der Waals surface area contributed by atoms with Crippen molar-refractivity contribution < 1.29 is 4.79 Å². The van der Waals surface area contributed by atoms with Gasteiger partial charge in [0.1, 0.15) is 0 Å². The number of amides is 1. The summed E-state index contributed by atoms with van der Waals surface area (Å²) in [6.45, 7) is 2.57. The highest BCUT2D eigenvalue weighted by Crippen LogP contribution is 2.20. The number of aryl methyl sites for hydroxylation is 1. The number of benzene rings is 2. The van der Waals surface area contributed by atoms with E-state index in [0.717, 1.165) is 10.7 Å². The van der Waals surface area contributed by atoms with Crippen LogP contribution in [-0.4, -0.2) is 22.8 Å². The molecule has 0 aliphatic rings. The van der Waals surface area contributed by atoms with Crippen LogP contribution < -0.4 is 0 Å². The zero-order valence-corrected chi connectivity index (χ0v) is 13.6. The molecule has 0 unspecified atom stereocenters. The Morgan fingerprint density at radius 3 is 2.73 bits per heavy atom. The Morgan fingerprint density at radius 2 is 1.95 bits per heavy atom. The monoisotopic (exact) mass is 310 g/mol. The van der Waals surface area contributed by atoms with E-state index < -0.39 is 0 Å². The topological polar surface area (TPSA) is 33.2 Å². The summed E-state index contributed by atoms with van der Waals surface area (Å²) in [5, 5.41) is 5.36. The third-order valence-electron chi connectivity index (χ3n) is 3.71. The number of likely N-dealkylation sites (N-methyl/N-ethyl adjacent to an activating group) is 1. The van der Waals surface area contributed by atoms with Gasteiger partial charge >= 0.3 is 0 Å². The van der Waals surface area contributed by atoms with Crippen LogP contribution in [0.3, 0.4) is 0 Å². The van der Waals surface area contributed by atoms with E-state index in [1.165, 1.54) is 16.3 Å². The minimum Gasteiger partial charge on any atom is -0.341 e. The second kappa shape index (κ2) is 6.28. The SMILES string of the molecule is Cc1nc(CC(=O)N(C)Cc2cccc3ccccc23)cs1. The number of thiazole rings is 1. The van der Waals surface area contributed by atoms with Crippen molar-refractivity contribution in [2.45, 2.75) is 19.9 Å². The molecular weight excluding hydrogens is 292 g/mol. The fourth-order valence-electron chi connectivity index (χ4n) is 2.55. The quantitative estimate of drug-likeness (QED) is 0.734. The highest BCUT2D eigenvalue weighted by atomic mass is 32.1. The van der Waals surface area contributed by atoms with Crippen LogP contribution in [0, 0.1) is 6.92 Å². The Hall–Kier alpha value is -2.20. The maximum atomic E-state index is 12.4. The van der Waals surface area contributed by atoms with Gasteiger partial charge in [0.05, 0.1) is 17.1 Å². The van der Waals surface area contributed by atoms with Crippen LogP contribution in [0.1, 0.15) is 16.3 Å². The number of nitrogens with zero attached hydrogens (tertiary/aromatic N) is 2. The summed E-state index contributed by atoms with van der Waals surface area (Å²) in [7, 11) is 1.85. The molecule has 3 rings (SSSR count). The van der Waals surface area contributed by atoms with Crippen molar-refractivity contribution in [1.29, 1.82) is 0 Å². The minimum absolute atomic E-state index is 0.0956. The number of carbonyl (C=O) groups is 1. The summed E-state index contributed by atoms with van der Waals surface area (Å²) < 4.78 is 0. The van der Waals surface area contributed by atoms with E-state index in [1.807, 2.05) is 37.6 Å². The summed E-state index contributed by atoms with van der Waals surface area (Å²) in [6.07, 6.45) is 0.367. The molecule has 112 valence electrons. The van der Waals surface area contributed by atoms with Gasteiger partial charge in [-0.05, 0) is 23.3 Å². The summed E-state index contributed by atoms with van der Waals surface area (Å²) in [6, 6.07) is 14.5. The molecule has 0 fully saturated rings. The molecule has 22 heavy (non-hydrogen) atoms. The molecule has 0 radical (unpaired) electrons. The molecule has 0 aliphatic carbocycles. The molecule has 4 heteroatoms. The van der Waals surface area contributed by atoms with Crippen LogP contribution in [0.4, 0.5) is 0 Å². The summed E-state index contributed by atoms with van der Waals surface area (Å²) in [4.78, 5) is 18.5. The van der Waals surface area contributed by atoms with Crippen LogP contribution in [0.25, 0.3) is 10.8 Å². The zero-order chi connectivity index (χ0) is 15.5. The van der Waals surface area contributed by atoms with Crippen molar-refractivity contribution in [3.05, 3.63) is 64.1 Å². The summed E-state index contributed by atoms with van der Waals surface area (Å²) >= 11 is 1.58. The standard InChI is InChI=1S/C18H18N2OS/c1-13-19-16(12-22-13)10-18(21)20(2)11-15-8-5-7-14-6-3-4-9-17(14)15/h3-9,12H,10-11H2,1-2H3. The first-order chi connectivity index (χ1) is 10.6. The van der Waals surface area contributed by atoms with E-state index in [9.17, 15) is 4.79 Å². The third kappa shape index (κ3) is 3.17. The van der Waals surface area contributed by atoms with Crippen LogP contribution in [0.2, 0.25) is 0 Å². The number of hydrogen-bond acceptors (Lipinski definition) is 3. The van der Waals surface area contributed by atoms with Crippen molar-refractivity contribution in [3.8, 4) is 0 Å². The van der Waals surface area contributed by atoms with E-state index in [4.69, 9.17) is 0 Å². The van der Waals surface area contributed by atoms with Crippen LogP contribution in [0.5, 0.6) is 0 Å². The number of rotatable bonds is 4. The molecule has 1 aromatic heterocycles. The highest BCUT2D eigenvalue weighted by molar-refractivity contribution is 7.09. The van der Waals surface area contributed by atoms with Gasteiger partial charge in [-0.1, -0.05) is 42.5 Å². The predicted octanol–water partition coefficient (Wildman–Crippen LogP) is 3.81. The van der Waals surface area contributed by atoms with E-state index in [-0.39, 0.29) is 5.91 Å². The van der Waals surface area contributed by atoms with Crippen molar-refractivity contribution in [2.24, 2.45) is 0 Å². The molecule has 0 aliphatic heterocycles. The minimum atomic E-state index is 0.0956. The van der Waals surface area contributed by atoms with Gasteiger partial charge in [-0.3, -0.25) is 4.79 Å². The second-order valence-electron chi connectivity index (χ2n) is 5.42. The van der Waals surface area contributed by atoms with Gasteiger partial charge in [-0.15, -0.1) is 11.3 Å². The van der Waals surface area contributed by atoms with Crippen molar-refractivity contribution >= 4 is 28.0 Å². The largest absolute Gasteiger partial charge is 0.341 e. The molecule has 0 atom stereocenters. The van der Waals surface area contributed by atoms with Crippen molar-refractivity contribution in [2.75, 3.05) is 7.05 Å². The number of fused-ring (bicyclic) bond motifs is 1. The van der Waals surface area contributed by atoms with Crippen LogP contribution >= 0.6 is 11.3 Å². The van der Waals surface area contributed by atoms with E-state index in [0.29, 0.717) is 13.0 Å². The lowest BCUT2D eigenvalue weighted by Gasteiger charge is -2.18. The Bertz CT molecular complexity index is 804. The molecule has 3 aromatic rings. The van der Waals surface area contributed by atoms with Gasteiger partial charge in [0.15, 0.2) is 0 Å². The molecule has 1 amide bonds. The first-order valence-corrected chi connectivity index (χ1v) is 8.13. The molecule has 0 N–H and O–H groups in total. The lowest BCUT2D eigenvalue weighted by molar-refractivity contribution is -0.129. The Balaban J connectivity index is 1.75. The highest BCUT2D eigenvalue weighted by Gasteiger charge is 2.13. The molecule has 0 saturated heterocycles. The number of aromatic nitrogens is 1. The average Bonchev–Trinajstić information content (AvgIpc) is 2.92. The third-order valence-corrected chi connectivity index (χ3v) is 4.53.